The Morgan fingerprint density at radius 1 is 1.05 bits per heavy atom. The summed E-state index contributed by atoms with van der Waals surface area (Å²) in [4.78, 5) is 26.9. The van der Waals surface area contributed by atoms with Gasteiger partial charge in [-0.1, -0.05) is 12.1 Å². The number of allylic oxidation sites excluding steroid dienone is 1. The fourth-order valence-corrected chi connectivity index (χ4v) is 6.58. The van der Waals surface area contributed by atoms with Crippen LogP contribution in [-0.4, -0.2) is 70.8 Å². The molecule has 2 aliphatic heterocycles. The molecule has 37 heavy (non-hydrogen) atoms. The average Bonchev–Trinajstić information content (AvgIpc) is 2.99. The van der Waals surface area contributed by atoms with Gasteiger partial charge >= 0.3 is 0 Å². The van der Waals surface area contributed by atoms with E-state index in [0.29, 0.717) is 5.57 Å². The number of phenols is 3. The monoisotopic (exact) mass is 510 g/mol. The number of carbonyl (C=O) groups excluding carboxylic acids is 2. The topological polar surface area (TPSA) is 152 Å². The van der Waals surface area contributed by atoms with E-state index in [1.165, 1.54) is 26.4 Å². The van der Waals surface area contributed by atoms with Crippen molar-refractivity contribution in [2.45, 2.75) is 30.3 Å². The third kappa shape index (κ3) is 3.22. The fourth-order valence-electron chi connectivity index (χ4n) is 6.58. The summed E-state index contributed by atoms with van der Waals surface area (Å²) in [5, 5.41) is 41.2. The second-order valence-electron chi connectivity index (χ2n) is 9.93. The first-order chi connectivity index (χ1) is 17.7. The Hall–Kier alpha value is -3.60. The van der Waals surface area contributed by atoms with Crippen molar-refractivity contribution in [3.8, 4) is 28.7 Å². The Bertz CT molecular complexity index is 1350. The van der Waals surface area contributed by atoms with E-state index >= 15 is 0 Å². The van der Waals surface area contributed by atoms with E-state index in [2.05, 4.69) is 0 Å². The number of benzene rings is 2. The summed E-state index contributed by atoms with van der Waals surface area (Å²) in [6.07, 6.45) is -0.796. The lowest BCUT2D eigenvalue weighted by Crippen LogP contribution is -2.54. The lowest BCUT2D eigenvalue weighted by atomic mass is 9.63. The predicted molar refractivity (Wildman–Crippen MR) is 126 cm³/mol. The van der Waals surface area contributed by atoms with Crippen LogP contribution in [0.3, 0.4) is 0 Å². The second kappa shape index (κ2) is 8.20. The van der Waals surface area contributed by atoms with Crippen LogP contribution in [0.1, 0.15) is 28.3 Å². The molecule has 0 aromatic heterocycles. The van der Waals surface area contributed by atoms with Crippen LogP contribution in [0.2, 0.25) is 0 Å². The average molecular weight is 510 g/mol. The number of ether oxygens (including phenoxy) is 4. The van der Waals surface area contributed by atoms with Crippen molar-refractivity contribution in [2.75, 3.05) is 20.8 Å². The summed E-state index contributed by atoms with van der Waals surface area (Å²) in [6, 6.07) is 7.17. The summed E-state index contributed by atoms with van der Waals surface area (Å²) in [6.45, 7) is 0.257. The van der Waals surface area contributed by atoms with E-state index in [1.54, 1.807) is 18.2 Å². The van der Waals surface area contributed by atoms with Gasteiger partial charge in [0.1, 0.15) is 22.8 Å². The first kappa shape index (κ1) is 23.8. The molecule has 1 saturated heterocycles. The zero-order valence-corrected chi connectivity index (χ0v) is 20.1. The maximum atomic E-state index is 13.9. The number of ketones is 2. The van der Waals surface area contributed by atoms with Gasteiger partial charge in [0.2, 0.25) is 11.6 Å². The summed E-state index contributed by atoms with van der Waals surface area (Å²) >= 11 is 0. The molecule has 5 aliphatic rings. The molecule has 2 unspecified atom stereocenters. The van der Waals surface area contributed by atoms with Gasteiger partial charge in [-0.2, -0.15) is 0 Å². The molecule has 10 nitrogen and oxygen atoms in total. The van der Waals surface area contributed by atoms with Crippen molar-refractivity contribution >= 4 is 11.6 Å². The summed E-state index contributed by atoms with van der Waals surface area (Å²) in [5.41, 5.74) is 1.10. The molecule has 4 bridgehead atoms. The minimum Gasteiger partial charge on any atom is -0.508 e. The van der Waals surface area contributed by atoms with Gasteiger partial charge in [0.15, 0.2) is 29.5 Å². The Morgan fingerprint density at radius 3 is 2.57 bits per heavy atom. The molecule has 2 fully saturated rings. The predicted octanol–water partition coefficient (Wildman–Crippen LogP) is 2.03. The largest absolute Gasteiger partial charge is 0.508 e. The van der Waals surface area contributed by atoms with Crippen LogP contribution < -0.4 is 9.47 Å². The molecule has 7 atom stereocenters. The van der Waals surface area contributed by atoms with Crippen molar-refractivity contribution in [1.82, 2.24) is 0 Å². The second-order valence-corrected chi connectivity index (χ2v) is 9.93. The highest BCUT2D eigenvalue weighted by Crippen LogP contribution is 2.59. The third-order valence-electron chi connectivity index (χ3n) is 8.22. The van der Waals surface area contributed by atoms with Crippen molar-refractivity contribution in [1.29, 1.82) is 0 Å². The summed E-state index contributed by atoms with van der Waals surface area (Å²) < 4.78 is 23.0. The maximum absolute atomic E-state index is 13.9. The molecule has 0 amide bonds. The van der Waals surface area contributed by atoms with Gasteiger partial charge < -0.3 is 39.4 Å². The van der Waals surface area contributed by atoms with Gasteiger partial charge in [-0.3, -0.25) is 9.59 Å². The molecular formula is C27H26O10. The van der Waals surface area contributed by atoms with E-state index in [0.717, 1.165) is 11.6 Å². The number of methoxy groups -OCH3 is 2. The molecule has 7 rings (SSSR count). The first-order valence-corrected chi connectivity index (χ1v) is 12.0. The highest BCUT2D eigenvalue weighted by Gasteiger charge is 2.66. The zero-order chi connectivity index (χ0) is 26.2. The Morgan fingerprint density at radius 2 is 1.84 bits per heavy atom. The lowest BCUT2D eigenvalue weighted by molar-refractivity contribution is -0.218. The van der Waals surface area contributed by atoms with E-state index in [4.69, 9.17) is 18.9 Å². The molecule has 3 aliphatic carbocycles. The van der Waals surface area contributed by atoms with Crippen LogP contribution in [0.15, 0.2) is 42.0 Å². The number of Topliss-reactive ketones (excluding diaryl/α,β-unsaturated/α-hetero) is 2. The van der Waals surface area contributed by atoms with Gasteiger partial charge in [0.25, 0.3) is 0 Å². The number of aliphatic hydroxyl groups excluding tert-OH is 1. The van der Waals surface area contributed by atoms with Gasteiger partial charge in [-0.15, -0.1) is 0 Å². The number of fused-ring (bicyclic) bond motifs is 2. The highest BCUT2D eigenvalue weighted by atomic mass is 16.7. The van der Waals surface area contributed by atoms with Crippen molar-refractivity contribution in [2.24, 2.45) is 17.8 Å². The molecular weight excluding hydrogens is 484 g/mol. The van der Waals surface area contributed by atoms with Crippen molar-refractivity contribution in [3.63, 3.8) is 0 Å². The molecule has 0 spiro atoms. The number of aromatic hydroxyl groups is 3. The maximum Gasteiger partial charge on any atom is 0.232 e. The van der Waals surface area contributed by atoms with E-state index in [-0.39, 0.29) is 59.2 Å². The van der Waals surface area contributed by atoms with Crippen LogP contribution in [0.5, 0.6) is 28.7 Å². The molecule has 2 aromatic rings. The normalized spacial score (nSPS) is 34.0. The van der Waals surface area contributed by atoms with Crippen LogP contribution in [0.4, 0.5) is 0 Å². The Labute approximate surface area is 211 Å². The van der Waals surface area contributed by atoms with Crippen LogP contribution in [0.25, 0.3) is 0 Å². The van der Waals surface area contributed by atoms with E-state index in [1.807, 2.05) is 0 Å². The van der Waals surface area contributed by atoms with Crippen LogP contribution in [-0.2, 0) is 14.3 Å². The SMILES string of the molecule is COc1cc([C@H]2C3CO[C@@]4(OC)C(=O)[C@@H]2C=C([C@H]2Oc5cc(O)cc(O)c5C(=O)[C@@H]2O)CC34)ccc1O. The molecule has 10 heteroatoms. The van der Waals surface area contributed by atoms with Crippen molar-refractivity contribution in [3.05, 3.63) is 53.1 Å². The van der Waals surface area contributed by atoms with Crippen LogP contribution >= 0.6 is 0 Å². The number of hydrogen-bond acceptors (Lipinski definition) is 10. The zero-order valence-electron chi connectivity index (χ0n) is 20.1. The number of phenolic OH excluding ortho intramolecular Hbond substituents is 3. The molecule has 2 heterocycles. The standard InChI is InChI=1S/C27H26O10/c1-34-19-7-11(3-4-17(19)29)21-14-5-12(6-16-15(21)10-36-27(16,35-2)26(14)33)25-24(32)23(31)22-18(30)8-13(28)9-20(22)37-25/h3-5,7-9,14-16,21,24-25,28-30,32H,6,10H2,1-2H3/t14-,15?,16?,21-,24+,25-,27-/m1/s1. The van der Waals surface area contributed by atoms with Gasteiger partial charge in [-0.05, 0) is 35.6 Å². The molecule has 0 radical (unpaired) electrons. The molecule has 194 valence electrons. The van der Waals surface area contributed by atoms with Gasteiger partial charge in [0.05, 0.1) is 13.7 Å². The number of carbonyl (C=O) groups is 2. The van der Waals surface area contributed by atoms with E-state index in [9.17, 15) is 30.0 Å². The Kier molecular flexibility index (Phi) is 5.27. The first-order valence-electron chi connectivity index (χ1n) is 12.0. The molecule has 1 saturated carbocycles. The Balaban J connectivity index is 1.46. The van der Waals surface area contributed by atoms with E-state index < -0.39 is 41.4 Å². The highest BCUT2D eigenvalue weighted by molar-refractivity contribution is 6.06. The number of aliphatic hydroxyl groups is 1. The minimum atomic E-state index is -1.63. The lowest BCUT2D eigenvalue weighted by Gasteiger charge is -2.42. The van der Waals surface area contributed by atoms with Crippen molar-refractivity contribution < 1.29 is 49.0 Å². The smallest absolute Gasteiger partial charge is 0.232 e. The number of hydrogen-bond donors (Lipinski definition) is 4. The summed E-state index contributed by atoms with van der Waals surface area (Å²) in [7, 11) is 2.87. The van der Waals surface area contributed by atoms with Crippen LogP contribution in [0, 0.1) is 17.8 Å². The van der Waals surface area contributed by atoms with Gasteiger partial charge in [-0.25, -0.2) is 0 Å². The quantitative estimate of drug-likeness (QED) is 0.450. The molecule has 4 N–H and O–H groups in total. The molecule has 2 aromatic carbocycles. The minimum absolute atomic E-state index is 0.0242. The summed E-state index contributed by atoms with van der Waals surface area (Å²) in [5.74, 6) is -4.74. The third-order valence-corrected chi connectivity index (χ3v) is 8.22. The van der Waals surface area contributed by atoms with Gasteiger partial charge in [0, 0.05) is 37.0 Å². The number of rotatable bonds is 4. The fraction of sp³-hybridized carbons (Fsp3) is 0.407.